The molecule has 1 heterocycles. The fourth-order valence-electron chi connectivity index (χ4n) is 3.54. The van der Waals surface area contributed by atoms with Crippen molar-refractivity contribution < 1.29 is 4.79 Å². The second-order valence-electron chi connectivity index (χ2n) is 7.15. The van der Waals surface area contributed by atoms with Gasteiger partial charge < -0.3 is 0 Å². The Balaban J connectivity index is 1.85. The third-order valence-electron chi connectivity index (χ3n) is 5.00. The number of allylic oxidation sites excluding steroid dienone is 2. The van der Waals surface area contributed by atoms with Crippen molar-refractivity contribution in [3.8, 4) is 0 Å². The standard InChI is InChI=1S/C22H28N4O2/c1-3-5-6-10-16-11-9-14-19(16)23-24-21(27)20-17-12-7-8-13-18(17)22(28)26(25-20)15-4-2/h7-8,11-13H,3-6,9-10,14-15H2,1-2H3,(H,24,27)/b23-19+. The van der Waals surface area contributed by atoms with Crippen LogP contribution in [-0.2, 0) is 6.54 Å². The van der Waals surface area contributed by atoms with Gasteiger partial charge in [-0.15, -0.1) is 0 Å². The summed E-state index contributed by atoms with van der Waals surface area (Å²) in [5.74, 6) is -0.381. The maximum Gasteiger partial charge on any atom is 0.292 e. The molecule has 6 nitrogen and oxygen atoms in total. The lowest BCUT2D eigenvalue weighted by molar-refractivity contribution is 0.0949. The summed E-state index contributed by atoms with van der Waals surface area (Å²) in [5.41, 5.74) is 4.93. The average molecular weight is 380 g/mol. The number of rotatable bonds is 8. The molecular formula is C22H28N4O2. The van der Waals surface area contributed by atoms with Gasteiger partial charge in [0.15, 0.2) is 5.69 Å². The van der Waals surface area contributed by atoms with Crippen LogP contribution in [0.4, 0.5) is 0 Å². The molecule has 1 aromatic heterocycles. The summed E-state index contributed by atoms with van der Waals surface area (Å²) in [6.07, 6.45) is 9.34. The number of hydrogen-bond donors (Lipinski definition) is 1. The van der Waals surface area contributed by atoms with Crippen LogP contribution in [-0.4, -0.2) is 21.4 Å². The van der Waals surface area contributed by atoms with Crippen molar-refractivity contribution in [1.29, 1.82) is 0 Å². The van der Waals surface area contributed by atoms with E-state index in [9.17, 15) is 9.59 Å². The summed E-state index contributed by atoms with van der Waals surface area (Å²) in [5, 5.41) is 9.77. The van der Waals surface area contributed by atoms with E-state index in [1.807, 2.05) is 13.0 Å². The number of hydrazone groups is 1. The largest absolute Gasteiger partial charge is 0.292 e. The summed E-state index contributed by atoms with van der Waals surface area (Å²) >= 11 is 0. The number of fused-ring (bicyclic) bond motifs is 1. The lowest BCUT2D eigenvalue weighted by Crippen LogP contribution is -2.29. The van der Waals surface area contributed by atoms with Gasteiger partial charge in [0.1, 0.15) is 0 Å². The molecule has 1 aliphatic carbocycles. The summed E-state index contributed by atoms with van der Waals surface area (Å²) in [6, 6.07) is 7.10. The number of aromatic nitrogens is 2. The first kappa shape index (κ1) is 20.0. The maximum absolute atomic E-state index is 12.8. The van der Waals surface area contributed by atoms with E-state index in [4.69, 9.17) is 0 Å². The minimum absolute atomic E-state index is 0.169. The van der Waals surface area contributed by atoms with Gasteiger partial charge in [-0.3, -0.25) is 9.59 Å². The maximum atomic E-state index is 12.8. The number of hydrogen-bond acceptors (Lipinski definition) is 4. The van der Waals surface area contributed by atoms with Gasteiger partial charge in [0.2, 0.25) is 0 Å². The van der Waals surface area contributed by atoms with Crippen LogP contribution in [0.15, 0.2) is 45.8 Å². The molecule has 0 aliphatic heterocycles. The van der Waals surface area contributed by atoms with E-state index >= 15 is 0 Å². The predicted molar refractivity (Wildman–Crippen MR) is 113 cm³/mol. The lowest BCUT2D eigenvalue weighted by Gasteiger charge is -2.10. The van der Waals surface area contributed by atoms with E-state index in [1.54, 1.807) is 18.2 Å². The monoisotopic (exact) mass is 380 g/mol. The highest BCUT2D eigenvalue weighted by atomic mass is 16.2. The van der Waals surface area contributed by atoms with Crippen molar-refractivity contribution >= 4 is 22.4 Å². The Labute approximate surface area is 165 Å². The first-order valence-electron chi connectivity index (χ1n) is 10.2. The summed E-state index contributed by atoms with van der Waals surface area (Å²) < 4.78 is 1.37. The molecule has 0 bridgehead atoms. The predicted octanol–water partition coefficient (Wildman–Crippen LogP) is 4.19. The molecule has 1 aromatic carbocycles. The molecule has 0 radical (unpaired) electrons. The number of carbonyl (C=O) groups excluding carboxylic acids is 1. The first-order valence-corrected chi connectivity index (χ1v) is 10.2. The molecule has 28 heavy (non-hydrogen) atoms. The zero-order valence-corrected chi connectivity index (χ0v) is 16.7. The van der Waals surface area contributed by atoms with E-state index in [2.05, 4.69) is 28.6 Å². The Hall–Kier alpha value is -2.76. The van der Waals surface area contributed by atoms with E-state index in [-0.39, 0.29) is 17.2 Å². The molecule has 0 fully saturated rings. The number of nitrogens with zero attached hydrogens (tertiary/aromatic N) is 3. The van der Waals surface area contributed by atoms with E-state index < -0.39 is 0 Å². The summed E-state index contributed by atoms with van der Waals surface area (Å²) in [7, 11) is 0. The Bertz CT molecular complexity index is 972. The number of nitrogens with one attached hydrogen (secondary N) is 1. The van der Waals surface area contributed by atoms with Crippen LogP contribution in [0.25, 0.3) is 10.8 Å². The molecule has 0 unspecified atom stereocenters. The minimum Gasteiger partial charge on any atom is -0.267 e. The van der Waals surface area contributed by atoms with Crippen LogP contribution in [0.3, 0.4) is 0 Å². The van der Waals surface area contributed by atoms with Gasteiger partial charge in [0, 0.05) is 11.9 Å². The van der Waals surface area contributed by atoms with Crippen LogP contribution >= 0.6 is 0 Å². The highest BCUT2D eigenvalue weighted by Gasteiger charge is 2.18. The Morgan fingerprint density at radius 1 is 1.18 bits per heavy atom. The first-order chi connectivity index (χ1) is 13.7. The fraction of sp³-hybridized carbons (Fsp3) is 0.455. The van der Waals surface area contributed by atoms with E-state index in [1.165, 1.54) is 23.1 Å². The molecule has 0 saturated heterocycles. The third kappa shape index (κ3) is 4.38. The van der Waals surface area contributed by atoms with Gasteiger partial charge >= 0.3 is 0 Å². The highest BCUT2D eigenvalue weighted by Crippen LogP contribution is 2.21. The second kappa shape index (κ2) is 9.44. The molecule has 1 N–H and O–H groups in total. The molecule has 1 amide bonds. The van der Waals surface area contributed by atoms with Crippen LogP contribution in [0.1, 0.15) is 69.3 Å². The Morgan fingerprint density at radius 2 is 1.96 bits per heavy atom. The smallest absolute Gasteiger partial charge is 0.267 e. The van der Waals surface area contributed by atoms with Crippen LogP contribution < -0.4 is 11.0 Å². The van der Waals surface area contributed by atoms with Gasteiger partial charge in [0.05, 0.1) is 11.1 Å². The molecule has 0 atom stereocenters. The van der Waals surface area contributed by atoms with Crippen LogP contribution in [0.5, 0.6) is 0 Å². The van der Waals surface area contributed by atoms with Crippen molar-refractivity contribution in [3.05, 3.63) is 52.0 Å². The van der Waals surface area contributed by atoms with Crippen LogP contribution in [0.2, 0.25) is 0 Å². The zero-order valence-electron chi connectivity index (χ0n) is 16.7. The number of carbonyl (C=O) groups is 1. The molecule has 0 saturated carbocycles. The number of unbranched alkanes of at least 4 members (excludes halogenated alkanes) is 2. The van der Waals surface area contributed by atoms with Gasteiger partial charge in [-0.2, -0.15) is 10.2 Å². The third-order valence-corrected chi connectivity index (χ3v) is 5.00. The van der Waals surface area contributed by atoms with Crippen molar-refractivity contribution in [1.82, 2.24) is 15.2 Å². The molecule has 1 aliphatic rings. The minimum atomic E-state index is -0.381. The second-order valence-corrected chi connectivity index (χ2v) is 7.15. The van der Waals surface area contributed by atoms with Crippen molar-refractivity contribution in [2.75, 3.05) is 0 Å². The molecule has 3 rings (SSSR count). The topological polar surface area (TPSA) is 76.3 Å². The zero-order chi connectivity index (χ0) is 19.9. The SMILES string of the molecule is CCCCCC1=CCC/C1=N\NC(=O)c1nn(CCC)c(=O)c2ccccc12. The Kier molecular flexibility index (Phi) is 6.74. The summed E-state index contributed by atoms with van der Waals surface area (Å²) in [6.45, 7) is 4.64. The molecule has 6 heteroatoms. The van der Waals surface area contributed by atoms with Crippen molar-refractivity contribution in [2.24, 2.45) is 5.10 Å². The lowest BCUT2D eigenvalue weighted by atomic mass is 10.1. The molecular weight excluding hydrogens is 352 g/mol. The molecule has 0 spiro atoms. The number of benzene rings is 1. The number of aryl methyl sites for hydroxylation is 1. The molecule has 2 aromatic rings. The van der Waals surface area contributed by atoms with Gasteiger partial charge in [-0.05, 0) is 43.7 Å². The number of amides is 1. The summed E-state index contributed by atoms with van der Waals surface area (Å²) in [4.78, 5) is 25.4. The highest BCUT2D eigenvalue weighted by molar-refractivity contribution is 6.06. The van der Waals surface area contributed by atoms with Gasteiger partial charge in [-0.25, -0.2) is 10.1 Å². The van der Waals surface area contributed by atoms with Gasteiger partial charge in [-0.1, -0.05) is 51.0 Å². The van der Waals surface area contributed by atoms with Crippen LogP contribution in [0, 0.1) is 0 Å². The fourth-order valence-corrected chi connectivity index (χ4v) is 3.54. The van der Waals surface area contributed by atoms with Crippen molar-refractivity contribution in [3.63, 3.8) is 0 Å². The quantitative estimate of drug-likeness (QED) is 0.551. The van der Waals surface area contributed by atoms with E-state index in [0.29, 0.717) is 17.3 Å². The van der Waals surface area contributed by atoms with Crippen molar-refractivity contribution in [2.45, 2.75) is 65.3 Å². The average Bonchev–Trinajstić information content (AvgIpc) is 3.16. The molecule has 148 valence electrons. The van der Waals surface area contributed by atoms with Gasteiger partial charge in [0.25, 0.3) is 11.5 Å². The Morgan fingerprint density at radius 3 is 2.71 bits per heavy atom. The van der Waals surface area contributed by atoms with E-state index in [0.717, 1.165) is 37.8 Å². The normalized spacial score (nSPS) is 15.2.